The van der Waals surface area contributed by atoms with Crippen molar-refractivity contribution in [3.8, 4) is 0 Å². The molecule has 3 nitrogen and oxygen atoms in total. The van der Waals surface area contributed by atoms with Gasteiger partial charge in [0.05, 0.1) is 18.6 Å². The third kappa shape index (κ3) is 1.53. The van der Waals surface area contributed by atoms with E-state index < -0.39 is 0 Å². The van der Waals surface area contributed by atoms with E-state index in [4.69, 9.17) is 4.74 Å². The molecule has 0 N–H and O–H groups in total. The summed E-state index contributed by atoms with van der Waals surface area (Å²) in [4.78, 5) is 11.1. The van der Waals surface area contributed by atoms with Gasteiger partial charge in [-0.15, -0.1) is 0 Å². The van der Waals surface area contributed by atoms with Crippen LogP contribution in [0.4, 0.5) is 0 Å². The molecule has 0 aliphatic carbocycles. The van der Waals surface area contributed by atoms with Crippen LogP contribution in [0.1, 0.15) is 20.3 Å². The normalized spacial score (nSPS) is 28.5. The standard InChI is InChI=1S/C8H14O3/c1-8(2)6(4-5-11-8)7(9)10-3/h6H,4-5H2,1-3H3. The van der Waals surface area contributed by atoms with Crippen molar-refractivity contribution in [2.24, 2.45) is 5.92 Å². The number of rotatable bonds is 1. The Hall–Kier alpha value is -0.570. The van der Waals surface area contributed by atoms with Gasteiger partial charge in [-0.3, -0.25) is 4.79 Å². The van der Waals surface area contributed by atoms with E-state index in [2.05, 4.69) is 4.74 Å². The summed E-state index contributed by atoms with van der Waals surface area (Å²) >= 11 is 0. The lowest BCUT2D eigenvalue weighted by atomic mass is 9.91. The Morgan fingerprint density at radius 1 is 1.64 bits per heavy atom. The van der Waals surface area contributed by atoms with E-state index in [1.807, 2.05) is 13.8 Å². The zero-order valence-electron chi connectivity index (χ0n) is 7.22. The van der Waals surface area contributed by atoms with Crippen LogP contribution in [0.5, 0.6) is 0 Å². The Morgan fingerprint density at radius 2 is 2.27 bits per heavy atom. The molecule has 0 saturated carbocycles. The van der Waals surface area contributed by atoms with Gasteiger partial charge in [-0.1, -0.05) is 0 Å². The largest absolute Gasteiger partial charge is 0.469 e. The number of hydrogen-bond donors (Lipinski definition) is 0. The molecule has 1 heterocycles. The zero-order chi connectivity index (χ0) is 8.48. The second kappa shape index (κ2) is 2.81. The number of ether oxygens (including phenoxy) is 2. The molecule has 11 heavy (non-hydrogen) atoms. The van der Waals surface area contributed by atoms with Crippen molar-refractivity contribution in [3.63, 3.8) is 0 Å². The zero-order valence-corrected chi connectivity index (χ0v) is 7.22. The predicted octanol–water partition coefficient (Wildman–Crippen LogP) is 0.974. The maximum atomic E-state index is 11.1. The van der Waals surface area contributed by atoms with Crippen LogP contribution in [0, 0.1) is 5.92 Å². The van der Waals surface area contributed by atoms with Crippen LogP contribution in [0.3, 0.4) is 0 Å². The van der Waals surface area contributed by atoms with E-state index in [0.717, 1.165) is 6.42 Å². The molecule has 0 amide bonds. The molecule has 3 heteroatoms. The Morgan fingerprint density at radius 3 is 2.64 bits per heavy atom. The summed E-state index contributed by atoms with van der Waals surface area (Å²) in [7, 11) is 1.41. The van der Waals surface area contributed by atoms with Crippen LogP contribution < -0.4 is 0 Å². The lowest BCUT2D eigenvalue weighted by molar-refractivity contribution is -0.150. The van der Waals surface area contributed by atoms with Crippen LogP contribution in [-0.4, -0.2) is 25.3 Å². The highest BCUT2D eigenvalue weighted by Crippen LogP contribution is 2.31. The first kappa shape index (κ1) is 8.53. The van der Waals surface area contributed by atoms with E-state index in [1.54, 1.807) is 0 Å². The minimum Gasteiger partial charge on any atom is -0.469 e. The van der Waals surface area contributed by atoms with E-state index in [-0.39, 0.29) is 17.5 Å². The van der Waals surface area contributed by atoms with Gasteiger partial charge in [0.15, 0.2) is 0 Å². The van der Waals surface area contributed by atoms with Crippen LogP contribution in [0.2, 0.25) is 0 Å². The number of esters is 1. The lowest BCUT2D eigenvalue weighted by Gasteiger charge is -2.23. The first-order valence-corrected chi connectivity index (χ1v) is 3.79. The smallest absolute Gasteiger partial charge is 0.311 e. The summed E-state index contributed by atoms with van der Waals surface area (Å²) in [5.41, 5.74) is -0.340. The van der Waals surface area contributed by atoms with E-state index in [0.29, 0.717) is 6.61 Å². The van der Waals surface area contributed by atoms with Gasteiger partial charge in [-0.25, -0.2) is 0 Å². The molecule has 1 aliphatic heterocycles. The third-order valence-corrected chi connectivity index (χ3v) is 2.21. The second-order valence-electron chi connectivity index (χ2n) is 3.32. The minimum atomic E-state index is -0.340. The van der Waals surface area contributed by atoms with Gasteiger partial charge < -0.3 is 9.47 Å². The molecule has 0 aromatic carbocycles. The number of hydrogen-bond acceptors (Lipinski definition) is 3. The molecule has 0 aromatic rings. The van der Waals surface area contributed by atoms with Crippen molar-refractivity contribution in [2.75, 3.05) is 13.7 Å². The second-order valence-corrected chi connectivity index (χ2v) is 3.32. The van der Waals surface area contributed by atoms with Gasteiger partial charge >= 0.3 is 5.97 Å². The summed E-state index contributed by atoms with van der Waals surface area (Å²) in [6, 6.07) is 0. The minimum absolute atomic E-state index is 0.0903. The molecule has 0 radical (unpaired) electrons. The average Bonchev–Trinajstić information content (AvgIpc) is 2.28. The summed E-state index contributed by atoms with van der Waals surface area (Å²) in [6.45, 7) is 4.50. The van der Waals surface area contributed by atoms with Crippen molar-refractivity contribution in [1.82, 2.24) is 0 Å². The molecule has 0 bridgehead atoms. The van der Waals surface area contributed by atoms with Gasteiger partial charge in [0.25, 0.3) is 0 Å². The van der Waals surface area contributed by atoms with Gasteiger partial charge in [-0.05, 0) is 20.3 Å². The number of carbonyl (C=O) groups is 1. The van der Waals surface area contributed by atoms with Gasteiger partial charge in [0, 0.05) is 6.61 Å². The molecule has 1 unspecified atom stereocenters. The van der Waals surface area contributed by atoms with Crippen molar-refractivity contribution < 1.29 is 14.3 Å². The van der Waals surface area contributed by atoms with Crippen molar-refractivity contribution in [3.05, 3.63) is 0 Å². The Balaban J connectivity index is 2.64. The van der Waals surface area contributed by atoms with Gasteiger partial charge in [0.2, 0.25) is 0 Å². The Kier molecular flexibility index (Phi) is 2.18. The van der Waals surface area contributed by atoms with Gasteiger partial charge in [0.1, 0.15) is 0 Å². The number of methoxy groups -OCH3 is 1. The highest BCUT2D eigenvalue weighted by molar-refractivity contribution is 5.73. The van der Waals surface area contributed by atoms with Crippen LogP contribution in [-0.2, 0) is 14.3 Å². The third-order valence-electron chi connectivity index (χ3n) is 2.21. The maximum absolute atomic E-state index is 11.1. The van der Waals surface area contributed by atoms with E-state index >= 15 is 0 Å². The molecule has 1 rings (SSSR count). The van der Waals surface area contributed by atoms with Crippen molar-refractivity contribution in [1.29, 1.82) is 0 Å². The fourth-order valence-electron chi connectivity index (χ4n) is 1.43. The molecule has 1 atom stereocenters. The van der Waals surface area contributed by atoms with E-state index in [9.17, 15) is 4.79 Å². The summed E-state index contributed by atoms with van der Waals surface area (Å²) in [5, 5.41) is 0. The predicted molar refractivity (Wildman–Crippen MR) is 40.2 cm³/mol. The first-order valence-electron chi connectivity index (χ1n) is 3.79. The number of carbonyl (C=O) groups excluding carboxylic acids is 1. The summed E-state index contributed by atoms with van der Waals surface area (Å²) in [6.07, 6.45) is 0.777. The highest BCUT2D eigenvalue weighted by Gasteiger charge is 2.41. The summed E-state index contributed by atoms with van der Waals surface area (Å²) < 4.78 is 10.0. The van der Waals surface area contributed by atoms with Crippen LogP contribution in [0.25, 0.3) is 0 Å². The lowest BCUT2D eigenvalue weighted by Crippen LogP contribution is -2.33. The first-order chi connectivity index (χ1) is 5.08. The van der Waals surface area contributed by atoms with Crippen molar-refractivity contribution >= 4 is 5.97 Å². The quantitative estimate of drug-likeness (QED) is 0.533. The van der Waals surface area contributed by atoms with Gasteiger partial charge in [-0.2, -0.15) is 0 Å². The molecule has 0 aromatic heterocycles. The van der Waals surface area contributed by atoms with E-state index in [1.165, 1.54) is 7.11 Å². The average molecular weight is 158 g/mol. The fraction of sp³-hybridized carbons (Fsp3) is 0.875. The molecule has 1 saturated heterocycles. The molecule has 1 aliphatic rings. The molecule has 0 spiro atoms. The Bertz CT molecular complexity index is 163. The molecule has 64 valence electrons. The molecule has 1 fully saturated rings. The Labute approximate surface area is 66.7 Å². The van der Waals surface area contributed by atoms with Crippen molar-refractivity contribution in [2.45, 2.75) is 25.9 Å². The van der Waals surface area contributed by atoms with Crippen LogP contribution in [0.15, 0.2) is 0 Å². The maximum Gasteiger partial charge on any atom is 0.311 e. The van der Waals surface area contributed by atoms with Crippen LogP contribution >= 0.6 is 0 Å². The fourth-order valence-corrected chi connectivity index (χ4v) is 1.43. The molecular formula is C8H14O3. The topological polar surface area (TPSA) is 35.5 Å². The monoisotopic (exact) mass is 158 g/mol. The SMILES string of the molecule is COC(=O)C1CCOC1(C)C. The summed E-state index contributed by atoms with van der Waals surface area (Å²) in [5.74, 6) is -0.250. The highest BCUT2D eigenvalue weighted by atomic mass is 16.5. The molecular weight excluding hydrogens is 144 g/mol.